The van der Waals surface area contributed by atoms with Crippen molar-refractivity contribution < 1.29 is 13.2 Å². The quantitative estimate of drug-likeness (QED) is 0.858. The van der Waals surface area contributed by atoms with Crippen LogP contribution in [-0.2, 0) is 20.4 Å². The third-order valence-electron chi connectivity index (χ3n) is 3.27. The number of carbonyl (C=O) groups is 1. The molecule has 5 heteroatoms. The SMILES string of the molecule is Cc1ccccc1CS(=O)(=O)CC(=O)NCC1CC1. The highest BCUT2D eigenvalue weighted by Gasteiger charge is 2.23. The highest BCUT2D eigenvalue weighted by Crippen LogP contribution is 2.27. The number of rotatable bonds is 6. The molecular formula is C14H19NO3S. The van der Waals surface area contributed by atoms with Crippen LogP contribution in [0.15, 0.2) is 24.3 Å². The van der Waals surface area contributed by atoms with E-state index in [1.54, 1.807) is 6.07 Å². The molecule has 0 aliphatic heterocycles. The topological polar surface area (TPSA) is 63.2 Å². The number of benzene rings is 1. The van der Waals surface area contributed by atoms with Crippen molar-refractivity contribution in [2.45, 2.75) is 25.5 Å². The Balaban J connectivity index is 1.90. The molecule has 0 unspecified atom stereocenters. The number of nitrogens with one attached hydrogen (secondary N) is 1. The van der Waals surface area contributed by atoms with Crippen molar-refractivity contribution in [1.29, 1.82) is 0 Å². The first-order chi connectivity index (χ1) is 8.96. The summed E-state index contributed by atoms with van der Waals surface area (Å²) in [7, 11) is -3.40. The summed E-state index contributed by atoms with van der Waals surface area (Å²) in [5.74, 6) is -0.326. The maximum atomic E-state index is 12.0. The Kier molecular flexibility index (Phi) is 4.24. The Morgan fingerprint density at radius 1 is 1.32 bits per heavy atom. The van der Waals surface area contributed by atoms with Crippen molar-refractivity contribution in [2.75, 3.05) is 12.3 Å². The zero-order chi connectivity index (χ0) is 13.9. The van der Waals surface area contributed by atoms with Crippen LogP contribution in [0.5, 0.6) is 0 Å². The molecular weight excluding hydrogens is 262 g/mol. The predicted molar refractivity (Wildman–Crippen MR) is 74.4 cm³/mol. The van der Waals surface area contributed by atoms with Crippen LogP contribution in [0.25, 0.3) is 0 Å². The predicted octanol–water partition coefficient (Wildman–Crippen LogP) is 1.44. The van der Waals surface area contributed by atoms with Crippen molar-refractivity contribution in [3.63, 3.8) is 0 Å². The van der Waals surface area contributed by atoms with Crippen LogP contribution in [0.1, 0.15) is 24.0 Å². The zero-order valence-electron chi connectivity index (χ0n) is 11.1. The molecule has 0 spiro atoms. The van der Waals surface area contributed by atoms with E-state index < -0.39 is 15.6 Å². The van der Waals surface area contributed by atoms with Gasteiger partial charge < -0.3 is 5.32 Å². The van der Waals surface area contributed by atoms with E-state index in [2.05, 4.69) is 5.32 Å². The van der Waals surface area contributed by atoms with Gasteiger partial charge in [0.05, 0.1) is 5.75 Å². The molecule has 2 rings (SSSR count). The van der Waals surface area contributed by atoms with E-state index in [1.165, 1.54) is 0 Å². The molecule has 1 aliphatic rings. The van der Waals surface area contributed by atoms with Gasteiger partial charge in [0.25, 0.3) is 0 Å². The normalized spacial score (nSPS) is 15.2. The van der Waals surface area contributed by atoms with E-state index in [0.717, 1.165) is 24.0 Å². The first-order valence-corrected chi connectivity index (χ1v) is 8.30. The van der Waals surface area contributed by atoms with Gasteiger partial charge in [-0.2, -0.15) is 0 Å². The van der Waals surface area contributed by atoms with Crippen LogP contribution in [0.2, 0.25) is 0 Å². The third-order valence-corrected chi connectivity index (χ3v) is 4.73. The number of carbonyl (C=O) groups excluding carboxylic acids is 1. The van der Waals surface area contributed by atoms with Crippen molar-refractivity contribution in [3.05, 3.63) is 35.4 Å². The van der Waals surface area contributed by atoms with E-state index in [-0.39, 0.29) is 11.7 Å². The standard InChI is InChI=1S/C14H19NO3S/c1-11-4-2-3-5-13(11)9-19(17,18)10-14(16)15-8-12-6-7-12/h2-5,12H,6-10H2,1H3,(H,15,16). The molecule has 1 aliphatic carbocycles. The molecule has 0 bridgehead atoms. The van der Waals surface area contributed by atoms with Crippen LogP contribution >= 0.6 is 0 Å². The van der Waals surface area contributed by atoms with Gasteiger partial charge in [-0.3, -0.25) is 4.79 Å². The molecule has 0 atom stereocenters. The number of aryl methyl sites for hydroxylation is 1. The van der Waals surface area contributed by atoms with E-state index in [1.807, 2.05) is 25.1 Å². The minimum Gasteiger partial charge on any atom is -0.355 e. The van der Waals surface area contributed by atoms with Crippen molar-refractivity contribution in [2.24, 2.45) is 5.92 Å². The van der Waals surface area contributed by atoms with Crippen LogP contribution in [0.4, 0.5) is 0 Å². The Bertz CT molecular complexity index is 562. The molecule has 0 saturated heterocycles. The molecule has 1 saturated carbocycles. The Morgan fingerprint density at radius 3 is 2.63 bits per heavy atom. The number of hydrogen-bond donors (Lipinski definition) is 1. The Labute approximate surface area is 114 Å². The lowest BCUT2D eigenvalue weighted by atomic mass is 10.1. The molecule has 0 radical (unpaired) electrons. The van der Waals surface area contributed by atoms with Crippen LogP contribution in [-0.4, -0.2) is 26.6 Å². The largest absolute Gasteiger partial charge is 0.355 e. The minimum atomic E-state index is -3.40. The smallest absolute Gasteiger partial charge is 0.235 e. The van der Waals surface area contributed by atoms with Gasteiger partial charge in [-0.05, 0) is 36.8 Å². The number of sulfone groups is 1. The summed E-state index contributed by atoms with van der Waals surface area (Å²) in [6.07, 6.45) is 2.27. The molecule has 1 fully saturated rings. The van der Waals surface area contributed by atoms with E-state index in [9.17, 15) is 13.2 Å². The monoisotopic (exact) mass is 281 g/mol. The average Bonchev–Trinajstić information content (AvgIpc) is 3.12. The molecule has 104 valence electrons. The first-order valence-electron chi connectivity index (χ1n) is 6.48. The fraction of sp³-hybridized carbons (Fsp3) is 0.500. The fourth-order valence-corrected chi connectivity index (χ4v) is 3.29. The average molecular weight is 281 g/mol. The number of amides is 1. The molecule has 1 aromatic rings. The maximum Gasteiger partial charge on any atom is 0.235 e. The highest BCUT2D eigenvalue weighted by molar-refractivity contribution is 7.91. The Morgan fingerprint density at radius 2 is 2.00 bits per heavy atom. The molecule has 1 aromatic carbocycles. The molecule has 4 nitrogen and oxygen atoms in total. The van der Waals surface area contributed by atoms with Gasteiger partial charge in [0.2, 0.25) is 5.91 Å². The van der Waals surface area contributed by atoms with Gasteiger partial charge in [-0.1, -0.05) is 24.3 Å². The van der Waals surface area contributed by atoms with Crippen molar-refractivity contribution in [3.8, 4) is 0 Å². The highest BCUT2D eigenvalue weighted by atomic mass is 32.2. The molecule has 19 heavy (non-hydrogen) atoms. The lowest BCUT2D eigenvalue weighted by Crippen LogP contribution is -2.32. The van der Waals surface area contributed by atoms with Gasteiger partial charge in [-0.25, -0.2) is 8.42 Å². The van der Waals surface area contributed by atoms with E-state index in [0.29, 0.717) is 12.5 Å². The summed E-state index contributed by atoms with van der Waals surface area (Å²) in [5.41, 5.74) is 1.70. The fourth-order valence-electron chi connectivity index (χ4n) is 1.89. The molecule has 1 N–H and O–H groups in total. The molecule has 0 aromatic heterocycles. The summed E-state index contributed by atoms with van der Waals surface area (Å²) < 4.78 is 23.9. The van der Waals surface area contributed by atoms with Gasteiger partial charge in [0.1, 0.15) is 5.75 Å². The summed E-state index contributed by atoms with van der Waals surface area (Å²) in [6.45, 7) is 2.48. The summed E-state index contributed by atoms with van der Waals surface area (Å²) in [4.78, 5) is 11.6. The van der Waals surface area contributed by atoms with Crippen molar-refractivity contribution in [1.82, 2.24) is 5.32 Å². The Hall–Kier alpha value is -1.36. The third kappa shape index (κ3) is 4.67. The van der Waals surface area contributed by atoms with Crippen LogP contribution in [0, 0.1) is 12.8 Å². The second-order valence-electron chi connectivity index (χ2n) is 5.21. The maximum absolute atomic E-state index is 12.0. The van der Waals surface area contributed by atoms with Gasteiger partial charge >= 0.3 is 0 Å². The van der Waals surface area contributed by atoms with E-state index >= 15 is 0 Å². The summed E-state index contributed by atoms with van der Waals surface area (Å²) in [6, 6.07) is 7.34. The first kappa shape index (κ1) is 14.1. The van der Waals surface area contributed by atoms with Gasteiger partial charge in [0.15, 0.2) is 9.84 Å². The zero-order valence-corrected chi connectivity index (χ0v) is 11.9. The summed E-state index contributed by atoms with van der Waals surface area (Å²) >= 11 is 0. The summed E-state index contributed by atoms with van der Waals surface area (Å²) in [5, 5.41) is 2.68. The molecule has 0 heterocycles. The van der Waals surface area contributed by atoms with Crippen LogP contribution in [0.3, 0.4) is 0 Å². The van der Waals surface area contributed by atoms with Crippen molar-refractivity contribution >= 4 is 15.7 Å². The second-order valence-corrected chi connectivity index (χ2v) is 7.27. The lowest BCUT2D eigenvalue weighted by Gasteiger charge is -2.07. The molecule has 1 amide bonds. The lowest BCUT2D eigenvalue weighted by molar-refractivity contribution is -0.118. The second kappa shape index (κ2) is 5.74. The minimum absolute atomic E-state index is 0.0729. The van der Waals surface area contributed by atoms with Gasteiger partial charge in [0, 0.05) is 6.54 Å². The van der Waals surface area contributed by atoms with Gasteiger partial charge in [-0.15, -0.1) is 0 Å². The number of hydrogen-bond acceptors (Lipinski definition) is 3. The van der Waals surface area contributed by atoms with E-state index in [4.69, 9.17) is 0 Å². The van der Waals surface area contributed by atoms with Crippen LogP contribution < -0.4 is 5.32 Å².